The Morgan fingerprint density at radius 3 is 2.74 bits per heavy atom. The number of hydrogen-bond donors (Lipinski definition) is 3. The van der Waals surface area contributed by atoms with Gasteiger partial charge in [0.2, 0.25) is 5.91 Å². The van der Waals surface area contributed by atoms with Crippen LogP contribution in [0.1, 0.15) is 17.3 Å². The Kier molecular flexibility index (Phi) is 4.21. The summed E-state index contributed by atoms with van der Waals surface area (Å²) in [5.74, 6) is -1.06. The van der Waals surface area contributed by atoms with E-state index >= 15 is 0 Å². The maximum absolute atomic E-state index is 12.1. The number of benzene rings is 1. The third-order valence-corrected chi connectivity index (χ3v) is 3.82. The van der Waals surface area contributed by atoms with Gasteiger partial charge in [-0.2, -0.15) is 0 Å². The highest BCUT2D eigenvalue weighted by molar-refractivity contribution is 9.10. The van der Waals surface area contributed by atoms with E-state index in [9.17, 15) is 9.59 Å². The molecule has 0 bridgehead atoms. The molecule has 0 saturated carbocycles. The molecule has 0 radical (unpaired) electrons. The van der Waals surface area contributed by atoms with Gasteiger partial charge in [0.25, 0.3) is 0 Å². The second-order valence-electron chi connectivity index (χ2n) is 4.73. The minimum Gasteiger partial charge on any atom is -0.478 e. The summed E-state index contributed by atoms with van der Waals surface area (Å²) in [5, 5.41) is 15.0. The average molecular weight is 327 g/mol. The zero-order valence-electron chi connectivity index (χ0n) is 10.4. The third-order valence-electron chi connectivity index (χ3n) is 3.32. The van der Waals surface area contributed by atoms with Crippen LogP contribution >= 0.6 is 15.9 Å². The smallest absolute Gasteiger partial charge is 0.337 e. The molecule has 0 spiro atoms. The van der Waals surface area contributed by atoms with Crippen molar-refractivity contribution in [1.82, 2.24) is 5.32 Å². The lowest BCUT2D eigenvalue weighted by Gasteiger charge is -2.15. The zero-order valence-corrected chi connectivity index (χ0v) is 12.0. The normalized spacial score (nSPS) is 22.2. The molecule has 6 heteroatoms. The fourth-order valence-electron chi connectivity index (χ4n) is 2.19. The number of anilines is 1. The highest BCUT2D eigenvalue weighted by Gasteiger charge is 2.30. The van der Waals surface area contributed by atoms with E-state index in [1.54, 1.807) is 12.1 Å². The maximum Gasteiger partial charge on any atom is 0.337 e. The Hall–Kier alpha value is -1.40. The minimum absolute atomic E-state index is 0.0846. The summed E-state index contributed by atoms with van der Waals surface area (Å²) < 4.78 is 0.666. The number of carbonyl (C=O) groups excluding carboxylic acids is 1. The van der Waals surface area contributed by atoms with Crippen molar-refractivity contribution in [2.24, 2.45) is 11.8 Å². The SMILES string of the molecule is CC1CNCC1C(=O)Nc1ccc(Br)cc1C(=O)O. The van der Waals surface area contributed by atoms with Crippen molar-refractivity contribution in [2.45, 2.75) is 6.92 Å². The van der Waals surface area contributed by atoms with Crippen molar-refractivity contribution in [2.75, 3.05) is 18.4 Å². The molecule has 1 heterocycles. The fourth-order valence-corrected chi connectivity index (χ4v) is 2.55. The molecular formula is C13H15BrN2O3. The molecule has 1 aromatic rings. The molecule has 102 valence electrons. The quantitative estimate of drug-likeness (QED) is 0.793. The van der Waals surface area contributed by atoms with Crippen molar-refractivity contribution < 1.29 is 14.7 Å². The third kappa shape index (κ3) is 3.13. The van der Waals surface area contributed by atoms with E-state index in [1.165, 1.54) is 6.07 Å². The first kappa shape index (κ1) is 14.0. The van der Waals surface area contributed by atoms with Crippen molar-refractivity contribution in [3.63, 3.8) is 0 Å². The Labute approximate surface area is 119 Å². The van der Waals surface area contributed by atoms with Crippen LogP contribution in [0.4, 0.5) is 5.69 Å². The van der Waals surface area contributed by atoms with E-state index in [4.69, 9.17) is 5.11 Å². The molecule has 2 unspecified atom stereocenters. The van der Waals surface area contributed by atoms with Crippen LogP contribution < -0.4 is 10.6 Å². The maximum atomic E-state index is 12.1. The topological polar surface area (TPSA) is 78.4 Å². The zero-order chi connectivity index (χ0) is 14.0. The minimum atomic E-state index is -1.06. The van der Waals surface area contributed by atoms with Crippen molar-refractivity contribution in [1.29, 1.82) is 0 Å². The second-order valence-corrected chi connectivity index (χ2v) is 5.64. The first-order valence-electron chi connectivity index (χ1n) is 6.03. The van der Waals surface area contributed by atoms with Gasteiger partial charge in [0.05, 0.1) is 17.2 Å². The molecule has 2 rings (SSSR count). The predicted molar refractivity (Wildman–Crippen MR) is 75.3 cm³/mol. The Morgan fingerprint density at radius 1 is 1.42 bits per heavy atom. The number of carboxylic acids is 1. The van der Waals surface area contributed by atoms with E-state index in [0.29, 0.717) is 16.7 Å². The van der Waals surface area contributed by atoms with Gasteiger partial charge in [-0.25, -0.2) is 4.79 Å². The van der Waals surface area contributed by atoms with E-state index in [0.717, 1.165) is 6.54 Å². The van der Waals surface area contributed by atoms with Gasteiger partial charge in [0.15, 0.2) is 0 Å². The van der Waals surface area contributed by atoms with Gasteiger partial charge in [-0.15, -0.1) is 0 Å². The molecule has 0 aromatic heterocycles. The number of aromatic carboxylic acids is 1. The molecular weight excluding hydrogens is 312 g/mol. The van der Waals surface area contributed by atoms with Crippen LogP contribution in [0, 0.1) is 11.8 Å². The predicted octanol–water partition coefficient (Wildman–Crippen LogP) is 1.94. The molecule has 1 aliphatic rings. The Balaban J connectivity index is 2.19. The number of hydrogen-bond acceptors (Lipinski definition) is 3. The highest BCUT2D eigenvalue weighted by Crippen LogP contribution is 2.23. The number of amides is 1. The molecule has 19 heavy (non-hydrogen) atoms. The number of carboxylic acid groups (broad SMARTS) is 1. The first-order chi connectivity index (χ1) is 8.99. The summed E-state index contributed by atoms with van der Waals surface area (Å²) in [6.45, 7) is 3.44. The standard InChI is InChI=1S/C13H15BrN2O3/c1-7-5-15-6-10(7)12(17)16-11-3-2-8(14)4-9(11)13(18)19/h2-4,7,10,15H,5-6H2,1H3,(H,16,17)(H,18,19). The summed E-state index contributed by atoms with van der Waals surface area (Å²) in [7, 11) is 0. The van der Waals surface area contributed by atoms with E-state index in [-0.39, 0.29) is 23.3 Å². The van der Waals surface area contributed by atoms with Crippen LogP contribution in [-0.4, -0.2) is 30.1 Å². The van der Waals surface area contributed by atoms with Crippen LogP contribution in [0.5, 0.6) is 0 Å². The summed E-state index contributed by atoms with van der Waals surface area (Å²) in [5.41, 5.74) is 0.418. The molecule has 2 atom stereocenters. The molecule has 1 amide bonds. The number of nitrogens with one attached hydrogen (secondary N) is 2. The van der Waals surface area contributed by atoms with Gasteiger partial charge < -0.3 is 15.7 Å². The van der Waals surface area contributed by atoms with Crippen LogP contribution in [0.15, 0.2) is 22.7 Å². The molecule has 1 aromatic carbocycles. The molecule has 3 N–H and O–H groups in total. The lowest BCUT2D eigenvalue weighted by atomic mass is 9.97. The number of rotatable bonds is 3. The number of halogens is 1. The Bertz CT molecular complexity index is 519. The molecule has 1 saturated heterocycles. The van der Waals surface area contributed by atoms with Crippen molar-refractivity contribution in [3.05, 3.63) is 28.2 Å². The molecule has 0 aliphatic carbocycles. The van der Waals surface area contributed by atoms with Crippen LogP contribution in [-0.2, 0) is 4.79 Å². The van der Waals surface area contributed by atoms with E-state index in [2.05, 4.69) is 26.6 Å². The molecule has 1 fully saturated rings. The van der Waals surface area contributed by atoms with Crippen LogP contribution in [0.25, 0.3) is 0 Å². The molecule has 5 nitrogen and oxygen atoms in total. The first-order valence-corrected chi connectivity index (χ1v) is 6.82. The fraction of sp³-hybridized carbons (Fsp3) is 0.385. The summed E-state index contributed by atoms with van der Waals surface area (Å²) in [6, 6.07) is 4.78. The van der Waals surface area contributed by atoms with Gasteiger partial charge in [-0.1, -0.05) is 22.9 Å². The van der Waals surface area contributed by atoms with Crippen molar-refractivity contribution in [3.8, 4) is 0 Å². The van der Waals surface area contributed by atoms with Gasteiger partial charge in [-0.05, 0) is 30.7 Å². The number of carbonyl (C=O) groups is 2. The van der Waals surface area contributed by atoms with Gasteiger partial charge in [0, 0.05) is 11.0 Å². The average Bonchev–Trinajstić information content (AvgIpc) is 2.77. The van der Waals surface area contributed by atoms with Crippen LogP contribution in [0.2, 0.25) is 0 Å². The summed E-state index contributed by atoms with van der Waals surface area (Å²) in [4.78, 5) is 23.3. The van der Waals surface area contributed by atoms with Gasteiger partial charge in [-0.3, -0.25) is 4.79 Å². The molecule has 1 aliphatic heterocycles. The van der Waals surface area contributed by atoms with Gasteiger partial charge >= 0.3 is 5.97 Å². The lowest BCUT2D eigenvalue weighted by molar-refractivity contribution is -0.120. The van der Waals surface area contributed by atoms with Gasteiger partial charge in [0.1, 0.15) is 0 Å². The van der Waals surface area contributed by atoms with E-state index in [1.807, 2.05) is 6.92 Å². The summed E-state index contributed by atoms with van der Waals surface area (Å²) in [6.07, 6.45) is 0. The van der Waals surface area contributed by atoms with E-state index < -0.39 is 5.97 Å². The summed E-state index contributed by atoms with van der Waals surface area (Å²) >= 11 is 3.22. The Morgan fingerprint density at radius 2 is 2.16 bits per heavy atom. The highest BCUT2D eigenvalue weighted by atomic mass is 79.9. The lowest BCUT2D eigenvalue weighted by Crippen LogP contribution is -2.28. The van der Waals surface area contributed by atoms with Crippen LogP contribution in [0.3, 0.4) is 0 Å². The monoisotopic (exact) mass is 326 g/mol. The second kappa shape index (κ2) is 5.71. The largest absolute Gasteiger partial charge is 0.478 e. The van der Waals surface area contributed by atoms with Crippen molar-refractivity contribution >= 4 is 33.5 Å².